The van der Waals surface area contributed by atoms with E-state index in [0.29, 0.717) is 19.3 Å². The van der Waals surface area contributed by atoms with Gasteiger partial charge in [-0.3, -0.25) is 14.4 Å². The van der Waals surface area contributed by atoms with Gasteiger partial charge in [-0.2, -0.15) is 0 Å². The van der Waals surface area contributed by atoms with E-state index in [1.165, 1.54) is 0 Å². The van der Waals surface area contributed by atoms with Crippen molar-refractivity contribution in [1.82, 2.24) is 0 Å². The van der Waals surface area contributed by atoms with E-state index >= 15 is 0 Å². The van der Waals surface area contributed by atoms with Crippen molar-refractivity contribution in [2.45, 2.75) is 225 Å². The Morgan fingerprint density at radius 2 is 0.591 bits per heavy atom. The summed E-state index contributed by atoms with van der Waals surface area (Å²) in [6.45, 7) is 4.99. The number of unbranched alkanes of at least 4 members (excludes halogenated alkanes) is 15. The van der Waals surface area contributed by atoms with E-state index in [-0.39, 0.29) is 19.3 Å². The van der Waals surface area contributed by atoms with Crippen molar-refractivity contribution in [2.75, 3.05) is 6.61 Å². The first kappa shape index (κ1) is 62.0. The molecule has 1 atom stereocenters. The van der Waals surface area contributed by atoms with E-state index in [1.807, 2.05) is 0 Å². The summed E-state index contributed by atoms with van der Waals surface area (Å²) in [5.41, 5.74) is 0. The summed E-state index contributed by atoms with van der Waals surface area (Å²) < 4.78 is 15.5. The van der Waals surface area contributed by atoms with E-state index in [9.17, 15) is 29.7 Å². The zero-order valence-corrected chi connectivity index (χ0v) is 41.6. The van der Waals surface area contributed by atoms with Crippen molar-refractivity contribution in [3.63, 3.8) is 0 Å². The molecule has 9 nitrogen and oxygen atoms in total. The number of aliphatic hydroxyl groups excluding tert-OH is 1. The molecular formula is C57H92O9. The summed E-state index contributed by atoms with van der Waals surface area (Å²) in [5.74, 6) is -9.53. The first-order valence-corrected chi connectivity index (χ1v) is 25.7. The van der Waals surface area contributed by atoms with Gasteiger partial charge in [0.1, 0.15) is 6.61 Å². The molecule has 0 radical (unpaired) electrons. The molecule has 0 aliphatic rings. The lowest BCUT2D eigenvalue weighted by Crippen LogP contribution is -2.63. The largest absolute Gasteiger partial charge is 0.446 e. The van der Waals surface area contributed by atoms with Crippen LogP contribution in [-0.2, 0) is 28.6 Å². The minimum Gasteiger partial charge on any atom is -0.420 e. The molecule has 0 aromatic heterocycles. The van der Waals surface area contributed by atoms with Crippen molar-refractivity contribution in [3.8, 4) is 0 Å². The first-order chi connectivity index (χ1) is 32.2. The number of ether oxygens (including phenoxy) is 3. The summed E-state index contributed by atoms with van der Waals surface area (Å²) in [7, 11) is 0. The molecule has 0 bridgehead atoms. The number of hydrogen-bond donors (Lipinski definition) is 3. The molecule has 0 aromatic rings. The maximum Gasteiger partial charge on any atom is 0.446 e. The van der Waals surface area contributed by atoms with E-state index in [2.05, 4.69) is 130 Å². The molecular weight excluding hydrogens is 829 g/mol. The predicted molar refractivity (Wildman–Crippen MR) is 273 cm³/mol. The SMILES string of the molecule is CC/C=C\C/C=C\C/C=C\CCCCCCCC(=O)OC(O)(CO)C(O)(OC(=O)CCCCCCC/C=C\C/C=C\C/C=C\CC)OC(=O)CCCCCCC/C=C\C/C=C\C/C=C\CC. The number of allylic oxidation sites excluding steroid dienone is 18. The highest BCUT2D eigenvalue weighted by Crippen LogP contribution is 2.30. The Morgan fingerprint density at radius 3 is 0.879 bits per heavy atom. The predicted octanol–water partition coefficient (Wildman–Crippen LogP) is 14.7. The van der Waals surface area contributed by atoms with Gasteiger partial charge in [0, 0.05) is 19.3 Å². The fourth-order valence-electron chi connectivity index (χ4n) is 6.69. The monoisotopic (exact) mass is 921 g/mol. The van der Waals surface area contributed by atoms with Gasteiger partial charge in [-0.15, -0.1) is 0 Å². The van der Waals surface area contributed by atoms with Crippen LogP contribution in [0.15, 0.2) is 109 Å². The standard InChI is InChI=1S/C57H92O9/c1-4-7-10-13-16-19-22-25-28-31-34-37-40-43-46-49-53(59)64-56(62,52-58)57(63,65-54(60)50-47-44-41-38-35-32-29-26-23-20-17-14-11-8-5-2)66-55(61)51-48-45-42-39-36-33-30-27-24-21-18-15-12-9-6-3/h7-12,16-21,25-30,58,62-63H,4-6,13-15,22-24,31-52H2,1-3H3/b10-7-,11-8-,12-9-,19-16-,20-17-,21-18-,28-25-,29-26-,30-27-. The van der Waals surface area contributed by atoms with Crippen LogP contribution in [0.4, 0.5) is 0 Å². The Hall–Kier alpha value is -4.05. The number of esters is 3. The molecule has 0 saturated heterocycles. The third-order valence-corrected chi connectivity index (χ3v) is 10.6. The molecule has 0 aliphatic carbocycles. The highest BCUT2D eigenvalue weighted by molar-refractivity contribution is 5.73. The lowest BCUT2D eigenvalue weighted by molar-refractivity contribution is -0.448. The van der Waals surface area contributed by atoms with Gasteiger partial charge in [-0.05, 0) is 116 Å². The van der Waals surface area contributed by atoms with Crippen LogP contribution >= 0.6 is 0 Å². The molecule has 0 aromatic carbocycles. The van der Waals surface area contributed by atoms with Crippen LogP contribution in [0.3, 0.4) is 0 Å². The number of rotatable bonds is 44. The van der Waals surface area contributed by atoms with Gasteiger partial charge in [0.2, 0.25) is 0 Å². The molecule has 0 spiro atoms. The van der Waals surface area contributed by atoms with E-state index < -0.39 is 36.3 Å². The fraction of sp³-hybridized carbons (Fsp3) is 0.632. The fourth-order valence-corrected chi connectivity index (χ4v) is 6.69. The molecule has 374 valence electrons. The zero-order chi connectivity index (χ0) is 48.5. The summed E-state index contributed by atoms with van der Waals surface area (Å²) >= 11 is 0. The molecule has 9 heteroatoms. The van der Waals surface area contributed by atoms with Crippen molar-refractivity contribution in [3.05, 3.63) is 109 Å². The summed E-state index contributed by atoms with van der Waals surface area (Å²) in [4.78, 5) is 38.9. The lowest BCUT2D eigenvalue weighted by Gasteiger charge is -2.38. The Bertz CT molecular complexity index is 1400. The molecule has 0 heterocycles. The van der Waals surface area contributed by atoms with Gasteiger partial charge in [-0.1, -0.05) is 188 Å². The van der Waals surface area contributed by atoms with Gasteiger partial charge < -0.3 is 29.5 Å². The normalized spacial score (nSPS) is 13.7. The Morgan fingerprint density at radius 1 is 0.348 bits per heavy atom. The lowest BCUT2D eigenvalue weighted by atomic mass is 10.1. The second-order valence-electron chi connectivity index (χ2n) is 16.7. The number of aliphatic hydroxyl groups is 3. The van der Waals surface area contributed by atoms with Crippen LogP contribution in [0.5, 0.6) is 0 Å². The van der Waals surface area contributed by atoms with Crippen LogP contribution in [0, 0.1) is 0 Å². The van der Waals surface area contributed by atoms with Crippen molar-refractivity contribution in [2.24, 2.45) is 0 Å². The van der Waals surface area contributed by atoms with Crippen LogP contribution in [0.1, 0.15) is 213 Å². The number of hydrogen-bond acceptors (Lipinski definition) is 9. The van der Waals surface area contributed by atoms with Crippen LogP contribution in [-0.4, -0.2) is 51.6 Å². The quantitative estimate of drug-likeness (QED) is 0.0236. The maximum absolute atomic E-state index is 13.0. The first-order valence-electron chi connectivity index (χ1n) is 25.7. The Labute approximate surface area is 401 Å². The van der Waals surface area contributed by atoms with E-state index in [0.717, 1.165) is 154 Å². The average Bonchev–Trinajstić information content (AvgIpc) is 3.30. The number of carbonyl (C=O) groups is 3. The highest BCUT2D eigenvalue weighted by Gasteiger charge is 2.61. The molecule has 0 aliphatic heterocycles. The number of carbonyl (C=O) groups excluding carboxylic acids is 3. The van der Waals surface area contributed by atoms with Crippen LogP contribution in [0.2, 0.25) is 0 Å². The second kappa shape index (κ2) is 46.1. The maximum atomic E-state index is 13.0. The van der Waals surface area contributed by atoms with Crippen LogP contribution < -0.4 is 0 Å². The van der Waals surface area contributed by atoms with Gasteiger partial charge in [0.25, 0.3) is 0 Å². The molecule has 1 unspecified atom stereocenters. The molecule has 3 N–H and O–H groups in total. The molecule has 0 rings (SSSR count). The highest BCUT2D eigenvalue weighted by atomic mass is 16.9. The van der Waals surface area contributed by atoms with Gasteiger partial charge in [-0.25, -0.2) is 0 Å². The molecule has 66 heavy (non-hydrogen) atoms. The summed E-state index contributed by atoms with van der Waals surface area (Å²) in [6, 6.07) is 0. The topological polar surface area (TPSA) is 140 Å². The molecule has 0 amide bonds. The van der Waals surface area contributed by atoms with Crippen molar-refractivity contribution < 1.29 is 43.9 Å². The minimum absolute atomic E-state index is 0.118. The Balaban J connectivity index is 5.02. The van der Waals surface area contributed by atoms with Crippen molar-refractivity contribution >= 4 is 17.9 Å². The van der Waals surface area contributed by atoms with Crippen LogP contribution in [0.25, 0.3) is 0 Å². The Kier molecular flexibility index (Phi) is 43.2. The zero-order valence-electron chi connectivity index (χ0n) is 41.6. The summed E-state index contributed by atoms with van der Waals surface area (Å²) in [6.07, 6.45) is 62.6. The third kappa shape index (κ3) is 38.1. The summed E-state index contributed by atoms with van der Waals surface area (Å²) in [5, 5.41) is 33.0. The molecule has 0 saturated carbocycles. The van der Waals surface area contributed by atoms with Gasteiger partial charge in [0.05, 0.1) is 0 Å². The second-order valence-corrected chi connectivity index (χ2v) is 16.7. The van der Waals surface area contributed by atoms with Gasteiger partial charge >= 0.3 is 29.7 Å². The van der Waals surface area contributed by atoms with Crippen molar-refractivity contribution in [1.29, 1.82) is 0 Å². The minimum atomic E-state index is -3.44. The smallest absolute Gasteiger partial charge is 0.420 e. The van der Waals surface area contributed by atoms with E-state index in [4.69, 9.17) is 14.2 Å². The van der Waals surface area contributed by atoms with Gasteiger partial charge in [0.15, 0.2) is 0 Å². The average molecular weight is 921 g/mol. The van der Waals surface area contributed by atoms with E-state index in [1.54, 1.807) is 0 Å². The molecule has 0 fully saturated rings. The third-order valence-electron chi connectivity index (χ3n) is 10.6.